The van der Waals surface area contributed by atoms with Crippen LogP contribution in [0.15, 0.2) is 28.0 Å². The summed E-state index contributed by atoms with van der Waals surface area (Å²) in [6.45, 7) is 6.18. The van der Waals surface area contributed by atoms with Crippen LogP contribution in [0.1, 0.15) is 5.76 Å². The monoisotopic (exact) mass is 149 g/mol. The van der Waals surface area contributed by atoms with Crippen molar-refractivity contribution < 1.29 is 39.2 Å². The predicted molar refractivity (Wildman–Crippen MR) is 34.5 cm³/mol. The molecule has 0 spiro atoms. The van der Waals surface area contributed by atoms with E-state index in [0.29, 0.717) is 0 Å². The molecule has 4 heteroatoms. The molecule has 0 atom stereocenters. The van der Waals surface area contributed by atoms with Crippen molar-refractivity contribution in [3.8, 4) is 0 Å². The molecule has 50 valence electrons. The summed E-state index contributed by atoms with van der Waals surface area (Å²) in [5, 5.41) is 9.33. The third-order valence-corrected chi connectivity index (χ3v) is 0.580. The van der Waals surface area contributed by atoms with Gasteiger partial charge in [0.05, 0.1) is 6.26 Å². The maximum atomic E-state index is 7.08. The zero-order valence-electron chi connectivity index (χ0n) is 5.95. The van der Waals surface area contributed by atoms with Crippen LogP contribution in [-0.4, -0.2) is 11.9 Å². The average Bonchev–Trinajstić information content (AvgIpc) is 2.20. The van der Waals surface area contributed by atoms with Crippen molar-refractivity contribution in [2.45, 2.75) is 0 Å². The van der Waals surface area contributed by atoms with Gasteiger partial charge in [0.15, 0.2) is 0 Å². The molecule has 1 rings (SSSR count). The van der Waals surface area contributed by atoms with E-state index < -0.39 is 0 Å². The summed E-state index contributed by atoms with van der Waals surface area (Å²) >= 11 is 0. The SMILES string of the molecule is C=NO.[CH2-]c1ccco1.[Na+]. The van der Waals surface area contributed by atoms with Gasteiger partial charge in [0.25, 0.3) is 0 Å². The van der Waals surface area contributed by atoms with Crippen molar-refractivity contribution in [1.29, 1.82) is 0 Å². The average molecular weight is 149 g/mol. The molecule has 1 aromatic rings. The Bertz CT molecular complexity index is 151. The van der Waals surface area contributed by atoms with Gasteiger partial charge in [-0.3, -0.25) is 0 Å². The molecule has 0 unspecified atom stereocenters. The van der Waals surface area contributed by atoms with Crippen LogP contribution in [0.3, 0.4) is 0 Å². The molecule has 0 aliphatic rings. The van der Waals surface area contributed by atoms with Crippen LogP contribution in [0, 0.1) is 6.92 Å². The van der Waals surface area contributed by atoms with Crippen molar-refractivity contribution in [3.63, 3.8) is 0 Å². The summed E-state index contributed by atoms with van der Waals surface area (Å²) < 4.78 is 4.72. The maximum absolute atomic E-state index is 7.08. The number of hydrogen-bond acceptors (Lipinski definition) is 3. The Morgan fingerprint density at radius 3 is 2.30 bits per heavy atom. The quantitative estimate of drug-likeness (QED) is 0.161. The Morgan fingerprint density at radius 2 is 2.20 bits per heavy atom. The molecule has 3 nitrogen and oxygen atoms in total. The molecular formula is C6H8NNaO2. The van der Waals surface area contributed by atoms with Crippen molar-refractivity contribution in [3.05, 3.63) is 31.1 Å². The van der Waals surface area contributed by atoms with Crippen molar-refractivity contribution in [1.82, 2.24) is 0 Å². The van der Waals surface area contributed by atoms with Crippen LogP contribution < -0.4 is 29.6 Å². The van der Waals surface area contributed by atoms with Gasteiger partial charge < -0.3 is 9.62 Å². The molecule has 0 saturated heterocycles. The van der Waals surface area contributed by atoms with Crippen LogP contribution >= 0.6 is 0 Å². The fraction of sp³-hybridized carbons (Fsp3) is 0. The second kappa shape index (κ2) is 8.62. The number of rotatable bonds is 0. The van der Waals surface area contributed by atoms with E-state index in [2.05, 4.69) is 18.8 Å². The van der Waals surface area contributed by atoms with E-state index in [1.165, 1.54) is 0 Å². The van der Waals surface area contributed by atoms with E-state index in [1.807, 2.05) is 6.07 Å². The predicted octanol–water partition coefficient (Wildman–Crippen LogP) is -1.46. The Hall–Kier alpha value is -0.380. The normalized spacial score (nSPS) is 6.40. The fourth-order valence-corrected chi connectivity index (χ4v) is 0.313. The molecule has 1 aromatic heterocycles. The summed E-state index contributed by atoms with van der Waals surface area (Å²) in [4.78, 5) is 0. The standard InChI is InChI=1S/C5H5O.CH3NO.Na/c1-5-3-2-4-6-5;1-2-3;/h2-4H,1H2;3H,1H2;/q-1;;+1. The zero-order valence-corrected chi connectivity index (χ0v) is 7.95. The smallest absolute Gasteiger partial charge is 0.504 e. The minimum Gasteiger partial charge on any atom is -0.504 e. The number of hydrogen-bond donors (Lipinski definition) is 1. The molecule has 0 amide bonds. The van der Waals surface area contributed by atoms with E-state index in [4.69, 9.17) is 9.62 Å². The fourth-order valence-electron chi connectivity index (χ4n) is 0.313. The molecule has 1 heterocycles. The second-order valence-corrected chi connectivity index (χ2v) is 1.22. The van der Waals surface area contributed by atoms with Gasteiger partial charge in [-0.05, 0) is 5.76 Å². The van der Waals surface area contributed by atoms with Gasteiger partial charge in [0, 0.05) is 6.72 Å². The Morgan fingerprint density at radius 1 is 1.70 bits per heavy atom. The van der Waals surface area contributed by atoms with Gasteiger partial charge in [-0.1, -0.05) is 0 Å². The first kappa shape index (κ1) is 12.3. The topological polar surface area (TPSA) is 45.7 Å². The Kier molecular flexibility index (Phi) is 10.6. The van der Waals surface area contributed by atoms with Gasteiger partial charge >= 0.3 is 29.6 Å². The van der Waals surface area contributed by atoms with E-state index in [1.54, 1.807) is 12.3 Å². The van der Waals surface area contributed by atoms with E-state index in [-0.39, 0.29) is 29.6 Å². The van der Waals surface area contributed by atoms with Crippen LogP contribution in [0.5, 0.6) is 0 Å². The second-order valence-electron chi connectivity index (χ2n) is 1.22. The molecular weight excluding hydrogens is 141 g/mol. The molecule has 0 radical (unpaired) electrons. The van der Waals surface area contributed by atoms with Gasteiger partial charge in [-0.15, -0.1) is 11.2 Å². The third-order valence-electron chi connectivity index (χ3n) is 0.580. The molecule has 0 aliphatic carbocycles. The van der Waals surface area contributed by atoms with Crippen molar-refractivity contribution in [2.24, 2.45) is 5.16 Å². The van der Waals surface area contributed by atoms with Gasteiger partial charge in [-0.2, -0.15) is 6.07 Å². The first-order valence-electron chi connectivity index (χ1n) is 2.26. The first-order chi connectivity index (χ1) is 4.31. The largest absolute Gasteiger partial charge is 1.00 e. The number of furan rings is 1. The summed E-state index contributed by atoms with van der Waals surface area (Å²) in [5.41, 5.74) is 0. The molecule has 10 heavy (non-hydrogen) atoms. The maximum Gasteiger partial charge on any atom is 1.00 e. The molecule has 1 N–H and O–H groups in total. The minimum atomic E-state index is 0. The van der Waals surface area contributed by atoms with Crippen LogP contribution in [-0.2, 0) is 0 Å². The van der Waals surface area contributed by atoms with Crippen LogP contribution in [0.2, 0.25) is 0 Å². The van der Waals surface area contributed by atoms with Gasteiger partial charge in [-0.25, -0.2) is 6.92 Å². The van der Waals surface area contributed by atoms with Gasteiger partial charge in [0.2, 0.25) is 0 Å². The first-order valence-corrected chi connectivity index (χ1v) is 2.26. The Balaban J connectivity index is 0. The molecule has 0 saturated carbocycles. The summed E-state index contributed by atoms with van der Waals surface area (Å²) in [5.74, 6) is 0.718. The summed E-state index contributed by atoms with van der Waals surface area (Å²) in [6, 6.07) is 3.61. The Labute approximate surface area is 82.0 Å². The zero-order chi connectivity index (χ0) is 7.11. The van der Waals surface area contributed by atoms with E-state index >= 15 is 0 Å². The number of oxime groups is 1. The van der Waals surface area contributed by atoms with Crippen molar-refractivity contribution >= 4 is 6.72 Å². The number of nitrogens with zero attached hydrogens (tertiary/aromatic N) is 1. The minimum absolute atomic E-state index is 0. The molecule has 0 bridgehead atoms. The van der Waals surface area contributed by atoms with Gasteiger partial charge in [0.1, 0.15) is 0 Å². The summed E-state index contributed by atoms with van der Waals surface area (Å²) in [6.07, 6.45) is 1.60. The third kappa shape index (κ3) is 7.62. The van der Waals surface area contributed by atoms with Crippen LogP contribution in [0.4, 0.5) is 0 Å². The summed E-state index contributed by atoms with van der Waals surface area (Å²) in [7, 11) is 0. The van der Waals surface area contributed by atoms with Crippen LogP contribution in [0.25, 0.3) is 0 Å². The van der Waals surface area contributed by atoms with E-state index in [0.717, 1.165) is 5.76 Å². The molecule has 0 aromatic carbocycles. The molecule has 0 fully saturated rings. The molecule has 0 aliphatic heterocycles. The van der Waals surface area contributed by atoms with E-state index in [9.17, 15) is 0 Å². The van der Waals surface area contributed by atoms with Crippen molar-refractivity contribution in [2.75, 3.05) is 0 Å².